The SMILES string of the molecule is CCC1=NC2CC(C(=O)O)CCC2O1. The molecule has 4 heteroatoms. The number of hydrogen-bond acceptors (Lipinski definition) is 3. The highest BCUT2D eigenvalue weighted by Crippen LogP contribution is 2.32. The fourth-order valence-electron chi connectivity index (χ4n) is 2.18. The maximum absolute atomic E-state index is 10.8. The molecular weight excluding hydrogens is 182 g/mol. The van der Waals surface area contributed by atoms with Crippen LogP contribution in [0.5, 0.6) is 0 Å². The van der Waals surface area contributed by atoms with Crippen LogP contribution in [0, 0.1) is 5.92 Å². The Balaban J connectivity index is 2.02. The summed E-state index contributed by atoms with van der Waals surface area (Å²) in [4.78, 5) is 15.2. The lowest BCUT2D eigenvalue weighted by Gasteiger charge is -2.26. The van der Waals surface area contributed by atoms with Crippen LogP contribution in [0.15, 0.2) is 4.99 Å². The number of aliphatic imine (C=N–C) groups is 1. The predicted molar refractivity (Wildman–Crippen MR) is 51.4 cm³/mol. The molecule has 0 aromatic heterocycles. The molecule has 2 rings (SSSR count). The van der Waals surface area contributed by atoms with Gasteiger partial charge in [0.25, 0.3) is 0 Å². The van der Waals surface area contributed by atoms with Crippen molar-refractivity contribution < 1.29 is 14.6 Å². The summed E-state index contributed by atoms with van der Waals surface area (Å²) >= 11 is 0. The van der Waals surface area contributed by atoms with Crippen LogP contribution in [-0.2, 0) is 9.53 Å². The molecule has 0 saturated heterocycles. The molecule has 1 fully saturated rings. The summed E-state index contributed by atoms with van der Waals surface area (Å²) in [5, 5.41) is 8.89. The van der Waals surface area contributed by atoms with Crippen LogP contribution < -0.4 is 0 Å². The van der Waals surface area contributed by atoms with Gasteiger partial charge in [-0.1, -0.05) is 6.92 Å². The second-order valence-electron chi connectivity index (χ2n) is 3.95. The van der Waals surface area contributed by atoms with Gasteiger partial charge in [-0.15, -0.1) is 0 Å². The molecule has 78 valence electrons. The van der Waals surface area contributed by atoms with E-state index in [1.165, 1.54) is 0 Å². The summed E-state index contributed by atoms with van der Waals surface area (Å²) in [7, 11) is 0. The molecule has 2 aliphatic rings. The van der Waals surface area contributed by atoms with Crippen molar-refractivity contribution in [2.75, 3.05) is 0 Å². The lowest BCUT2D eigenvalue weighted by atomic mass is 9.84. The van der Waals surface area contributed by atoms with Crippen LogP contribution in [0.1, 0.15) is 32.6 Å². The van der Waals surface area contributed by atoms with Crippen molar-refractivity contribution in [3.8, 4) is 0 Å². The Morgan fingerprint density at radius 3 is 3.07 bits per heavy atom. The largest absolute Gasteiger partial charge is 0.481 e. The molecule has 0 aromatic carbocycles. The maximum atomic E-state index is 10.8. The minimum atomic E-state index is -0.691. The van der Waals surface area contributed by atoms with Crippen LogP contribution in [0.3, 0.4) is 0 Å². The van der Waals surface area contributed by atoms with Crippen molar-refractivity contribution >= 4 is 11.9 Å². The van der Waals surface area contributed by atoms with E-state index in [4.69, 9.17) is 9.84 Å². The summed E-state index contributed by atoms with van der Waals surface area (Å²) in [6, 6.07) is 0.0970. The number of nitrogens with zero attached hydrogens (tertiary/aromatic N) is 1. The van der Waals surface area contributed by atoms with Gasteiger partial charge >= 0.3 is 5.97 Å². The second kappa shape index (κ2) is 3.59. The lowest BCUT2D eigenvalue weighted by Crippen LogP contribution is -2.33. The smallest absolute Gasteiger partial charge is 0.306 e. The number of hydrogen-bond donors (Lipinski definition) is 1. The minimum absolute atomic E-state index is 0.0970. The van der Waals surface area contributed by atoms with Gasteiger partial charge in [0.15, 0.2) is 5.90 Å². The van der Waals surface area contributed by atoms with E-state index in [0.29, 0.717) is 6.42 Å². The molecule has 0 radical (unpaired) electrons. The van der Waals surface area contributed by atoms with Gasteiger partial charge in [0, 0.05) is 6.42 Å². The van der Waals surface area contributed by atoms with Gasteiger partial charge in [-0.3, -0.25) is 4.79 Å². The predicted octanol–water partition coefficient (Wildman–Crippen LogP) is 1.45. The van der Waals surface area contributed by atoms with Gasteiger partial charge in [-0.05, 0) is 19.3 Å². The molecule has 1 N–H and O–H groups in total. The highest BCUT2D eigenvalue weighted by atomic mass is 16.5. The van der Waals surface area contributed by atoms with E-state index in [2.05, 4.69) is 4.99 Å². The van der Waals surface area contributed by atoms with Gasteiger partial charge < -0.3 is 9.84 Å². The third kappa shape index (κ3) is 1.61. The summed E-state index contributed by atoms with van der Waals surface area (Å²) in [5.41, 5.74) is 0. The van der Waals surface area contributed by atoms with Crippen LogP contribution >= 0.6 is 0 Å². The van der Waals surface area contributed by atoms with Crippen LogP contribution in [0.4, 0.5) is 0 Å². The van der Waals surface area contributed by atoms with E-state index in [9.17, 15) is 4.79 Å². The quantitative estimate of drug-likeness (QED) is 0.728. The lowest BCUT2D eigenvalue weighted by molar-refractivity contribution is -0.143. The van der Waals surface area contributed by atoms with E-state index in [-0.39, 0.29) is 18.1 Å². The van der Waals surface area contributed by atoms with Crippen LogP contribution in [0.25, 0.3) is 0 Å². The fraction of sp³-hybridized carbons (Fsp3) is 0.800. The second-order valence-corrected chi connectivity index (χ2v) is 3.95. The highest BCUT2D eigenvalue weighted by molar-refractivity contribution is 5.78. The third-order valence-corrected chi connectivity index (χ3v) is 3.00. The number of carboxylic acid groups (broad SMARTS) is 1. The van der Waals surface area contributed by atoms with Crippen molar-refractivity contribution in [1.82, 2.24) is 0 Å². The third-order valence-electron chi connectivity index (χ3n) is 3.00. The zero-order valence-corrected chi connectivity index (χ0v) is 8.27. The average Bonchev–Trinajstić information content (AvgIpc) is 2.58. The molecule has 0 spiro atoms. The van der Waals surface area contributed by atoms with E-state index in [0.717, 1.165) is 25.2 Å². The summed E-state index contributed by atoms with van der Waals surface area (Å²) in [5.74, 6) is -0.116. The molecule has 3 unspecified atom stereocenters. The Bertz CT molecular complexity index is 275. The topological polar surface area (TPSA) is 58.9 Å². The number of carbonyl (C=O) groups is 1. The monoisotopic (exact) mass is 197 g/mol. The fourth-order valence-corrected chi connectivity index (χ4v) is 2.18. The van der Waals surface area contributed by atoms with E-state index in [1.54, 1.807) is 0 Å². The van der Waals surface area contributed by atoms with Crippen molar-refractivity contribution in [2.45, 2.75) is 44.8 Å². The van der Waals surface area contributed by atoms with E-state index in [1.807, 2.05) is 6.92 Å². The molecule has 1 saturated carbocycles. The number of aliphatic carboxylic acids is 1. The van der Waals surface area contributed by atoms with Gasteiger partial charge in [-0.25, -0.2) is 4.99 Å². The normalized spacial score (nSPS) is 35.8. The summed E-state index contributed by atoms with van der Waals surface area (Å²) in [6.45, 7) is 2.00. The first-order valence-electron chi connectivity index (χ1n) is 5.17. The first-order chi connectivity index (χ1) is 6.70. The molecule has 1 aliphatic carbocycles. The zero-order valence-electron chi connectivity index (χ0n) is 8.27. The minimum Gasteiger partial charge on any atom is -0.481 e. The van der Waals surface area contributed by atoms with Gasteiger partial charge in [0.05, 0.1) is 12.0 Å². The first kappa shape index (κ1) is 9.49. The standard InChI is InChI=1S/C10H15NO3/c1-2-9-11-7-5-6(10(12)13)3-4-8(7)14-9/h6-8H,2-5H2,1H3,(H,12,13). The molecule has 0 bridgehead atoms. The molecule has 4 nitrogen and oxygen atoms in total. The molecule has 3 atom stereocenters. The molecule has 1 aliphatic heterocycles. The first-order valence-corrected chi connectivity index (χ1v) is 5.17. The summed E-state index contributed by atoms with van der Waals surface area (Å²) < 4.78 is 5.60. The Morgan fingerprint density at radius 1 is 1.64 bits per heavy atom. The van der Waals surface area contributed by atoms with Gasteiger partial charge in [0.1, 0.15) is 6.10 Å². The molecule has 1 heterocycles. The Morgan fingerprint density at radius 2 is 2.43 bits per heavy atom. The van der Waals surface area contributed by atoms with Gasteiger partial charge in [-0.2, -0.15) is 0 Å². The Labute approximate surface area is 83.0 Å². The Hall–Kier alpha value is -1.06. The van der Waals surface area contributed by atoms with Crippen molar-refractivity contribution in [3.63, 3.8) is 0 Å². The average molecular weight is 197 g/mol. The zero-order chi connectivity index (χ0) is 10.1. The van der Waals surface area contributed by atoms with E-state index < -0.39 is 5.97 Å². The molecule has 0 aromatic rings. The van der Waals surface area contributed by atoms with Crippen LogP contribution in [0.2, 0.25) is 0 Å². The number of ether oxygens (including phenoxy) is 1. The number of carboxylic acids is 1. The van der Waals surface area contributed by atoms with Crippen molar-refractivity contribution in [1.29, 1.82) is 0 Å². The highest BCUT2D eigenvalue weighted by Gasteiger charge is 2.38. The molecular formula is C10H15NO3. The van der Waals surface area contributed by atoms with Crippen molar-refractivity contribution in [2.24, 2.45) is 10.9 Å². The summed E-state index contributed by atoms with van der Waals surface area (Å²) in [6.07, 6.45) is 3.16. The van der Waals surface area contributed by atoms with E-state index >= 15 is 0 Å². The van der Waals surface area contributed by atoms with Gasteiger partial charge in [0.2, 0.25) is 0 Å². The maximum Gasteiger partial charge on any atom is 0.306 e. The van der Waals surface area contributed by atoms with Crippen molar-refractivity contribution in [3.05, 3.63) is 0 Å². The Kier molecular flexibility index (Phi) is 2.44. The molecule has 0 amide bonds. The number of rotatable bonds is 2. The molecule has 14 heavy (non-hydrogen) atoms. The van der Waals surface area contributed by atoms with Crippen LogP contribution in [-0.4, -0.2) is 29.1 Å². The number of fused-ring (bicyclic) bond motifs is 1.